The van der Waals surface area contributed by atoms with Crippen LogP contribution in [0.2, 0.25) is 0 Å². The summed E-state index contributed by atoms with van der Waals surface area (Å²) in [6, 6.07) is 0. The maximum absolute atomic E-state index is 11.5. The lowest BCUT2D eigenvalue weighted by Crippen LogP contribution is -2.32. The molecule has 0 atom stereocenters. The molecule has 106 valence electrons. The summed E-state index contributed by atoms with van der Waals surface area (Å²) in [5, 5.41) is 5.51. The number of hydrazine groups is 1. The molecule has 1 rings (SSSR count). The van der Waals surface area contributed by atoms with Gasteiger partial charge < -0.3 is 25.5 Å². The molecular weight excluding hydrogens is 252 g/mol. The Morgan fingerprint density at radius 1 is 1.37 bits per heavy atom. The van der Waals surface area contributed by atoms with Crippen LogP contribution in [0.3, 0.4) is 0 Å². The van der Waals surface area contributed by atoms with Crippen LogP contribution in [0.15, 0.2) is 6.33 Å². The Morgan fingerprint density at radius 3 is 2.74 bits per heavy atom. The van der Waals surface area contributed by atoms with Crippen molar-refractivity contribution in [1.29, 1.82) is 0 Å². The smallest absolute Gasteiger partial charge is 0.239 e. The Kier molecular flexibility index (Phi) is 6.33. The zero-order chi connectivity index (χ0) is 14.1. The van der Waals surface area contributed by atoms with Crippen molar-refractivity contribution >= 4 is 17.5 Å². The molecule has 1 aromatic heterocycles. The van der Waals surface area contributed by atoms with Crippen LogP contribution in [0.1, 0.15) is 0 Å². The van der Waals surface area contributed by atoms with Gasteiger partial charge in [-0.3, -0.25) is 4.79 Å². The molecule has 1 amide bonds. The normalized spacial score (nSPS) is 9.84. The standard InChI is InChI=1S/C10H18N6O3/c1-18-4-3-12-7(17)5-13-9-8(19-2)10(16-11)15-6-14-9/h6H,3-5,11H2,1-2H3,(H,12,17)(H2,13,14,15,16). The molecule has 0 spiro atoms. The summed E-state index contributed by atoms with van der Waals surface area (Å²) >= 11 is 0. The van der Waals surface area contributed by atoms with Gasteiger partial charge >= 0.3 is 0 Å². The van der Waals surface area contributed by atoms with Gasteiger partial charge in [0.15, 0.2) is 11.6 Å². The van der Waals surface area contributed by atoms with Gasteiger partial charge in [0, 0.05) is 13.7 Å². The van der Waals surface area contributed by atoms with Crippen molar-refractivity contribution in [3.63, 3.8) is 0 Å². The first-order valence-electron chi connectivity index (χ1n) is 5.58. The Balaban J connectivity index is 2.55. The number of nitrogens with two attached hydrogens (primary N) is 1. The van der Waals surface area contributed by atoms with Crippen molar-refractivity contribution in [2.45, 2.75) is 0 Å². The number of anilines is 2. The number of nitrogens with one attached hydrogen (secondary N) is 3. The van der Waals surface area contributed by atoms with Crippen LogP contribution in [-0.2, 0) is 9.53 Å². The van der Waals surface area contributed by atoms with E-state index in [1.54, 1.807) is 7.11 Å². The maximum atomic E-state index is 11.5. The van der Waals surface area contributed by atoms with Gasteiger partial charge in [-0.1, -0.05) is 0 Å². The molecule has 0 aromatic carbocycles. The lowest BCUT2D eigenvalue weighted by Gasteiger charge is -2.12. The number of hydrogen-bond donors (Lipinski definition) is 4. The molecule has 0 saturated heterocycles. The summed E-state index contributed by atoms with van der Waals surface area (Å²) in [5.74, 6) is 6.17. The molecule has 9 heteroatoms. The SMILES string of the molecule is COCCNC(=O)CNc1ncnc(NN)c1OC. The number of amides is 1. The van der Waals surface area contributed by atoms with Gasteiger partial charge in [-0.2, -0.15) is 0 Å². The predicted molar refractivity (Wildman–Crippen MR) is 69.8 cm³/mol. The predicted octanol–water partition coefficient (Wildman–Crippen LogP) is -1.05. The van der Waals surface area contributed by atoms with Crippen molar-refractivity contribution in [3.8, 4) is 5.75 Å². The lowest BCUT2D eigenvalue weighted by molar-refractivity contribution is -0.119. The molecule has 0 radical (unpaired) electrons. The maximum Gasteiger partial charge on any atom is 0.239 e. The number of aromatic nitrogens is 2. The first kappa shape index (κ1) is 14.9. The summed E-state index contributed by atoms with van der Waals surface area (Å²) in [6.07, 6.45) is 1.31. The van der Waals surface area contributed by atoms with Crippen LogP contribution in [0, 0.1) is 0 Å². The van der Waals surface area contributed by atoms with E-state index in [4.69, 9.17) is 15.3 Å². The quantitative estimate of drug-likeness (QED) is 0.268. The highest BCUT2D eigenvalue weighted by molar-refractivity contribution is 5.81. The first-order valence-corrected chi connectivity index (χ1v) is 5.58. The summed E-state index contributed by atoms with van der Waals surface area (Å²) in [4.78, 5) is 19.4. The number of ether oxygens (including phenoxy) is 2. The minimum Gasteiger partial charge on any atom is -0.490 e. The molecule has 5 N–H and O–H groups in total. The number of methoxy groups -OCH3 is 2. The Bertz CT molecular complexity index is 414. The summed E-state index contributed by atoms with van der Waals surface area (Å²) in [6.45, 7) is 0.971. The van der Waals surface area contributed by atoms with Gasteiger partial charge in [0.25, 0.3) is 0 Å². The van der Waals surface area contributed by atoms with E-state index in [-0.39, 0.29) is 12.5 Å². The molecule has 0 aliphatic rings. The van der Waals surface area contributed by atoms with Crippen LogP contribution in [0.5, 0.6) is 5.75 Å². The second-order valence-electron chi connectivity index (χ2n) is 3.44. The molecule has 0 bridgehead atoms. The second-order valence-corrected chi connectivity index (χ2v) is 3.44. The fourth-order valence-electron chi connectivity index (χ4n) is 1.31. The number of rotatable bonds is 8. The molecule has 9 nitrogen and oxygen atoms in total. The van der Waals surface area contributed by atoms with Crippen molar-refractivity contribution in [1.82, 2.24) is 15.3 Å². The minimum absolute atomic E-state index is 0.0566. The van der Waals surface area contributed by atoms with Crippen LogP contribution in [-0.4, -0.2) is 49.8 Å². The van der Waals surface area contributed by atoms with E-state index in [1.807, 2.05) is 0 Å². The minimum atomic E-state index is -0.181. The van der Waals surface area contributed by atoms with Crippen LogP contribution in [0.25, 0.3) is 0 Å². The largest absolute Gasteiger partial charge is 0.490 e. The lowest BCUT2D eigenvalue weighted by atomic mass is 10.4. The summed E-state index contributed by atoms with van der Waals surface area (Å²) in [5.41, 5.74) is 2.38. The fraction of sp³-hybridized carbons (Fsp3) is 0.500. The molecule has 0 aliphatic heterocycles. The van der Waals surface area contributed by atoms with E-state index in [0.717, 1.165) is 0 Å². The molecule has 19 heavy (non-hydrogen) atoms. The van der Waals surface area contributed by atoms with Crippen LogP contribution >= 0.6 is 0 Å². The number of carbonyl (C=O) groups excluding carboxylic acids is 1. The molecule has 1 aromatic rings. The Hall–Kier alpha value is -2.13. The van der Waals surface area contributed by atoms with E-state index in [1.165, 1.54) is 13.4 Å². The monoisotopic (exact) mass is 270 g/mol. The third-order valence-corrected chi connectivity index (χ3v) is 2.19. The topological polar surface area (TPSA) is 123 Å². The molecule has 0 aliphatic carbocycles. The van der Waals surface area contributed by atoms with E-state index in [9.17, 15) is 4.79 Å². The fourth-order valence-corrected chi connectivity index (χ4v) is 1.31. The molecule has 0 saturated carbocycles. The van der Waals surface area contributed by atoms with Crippen molar-refractivity contribution in [2.75, 3.05) is 44.7 Å². The number of carbonyl (C=O) groups is 1. The van der Waals surface area contributed by atoms with Gasteiger partial charge in [0.2, 0.25) is 11.7 Å². The Morgan fingerprint density at radius 2 is 2.11 bits per heavy atom. The van der Waals surface area contributed by atoms with Crippen molar-refractivity contribution in [3.05, 3.63) is 6.33 Å². The van der Waals surface area contributed by atoms with Gasteiger partial charge in [0.1, 0.15) is 6.33 Å². The molecule has 0 unspecified atom stereocenters. The third-order valence-electron chi connectivity index (χ3n) is 2.19. The van der Waals surface area contributed by atoms with E-state index in [2.05, 4.69) is 26.0 Å². The summed E-state index contributed by atoms with van der Waals surface area (Å²) < 4.78 is 9.94. The van der Waals surface area contributed by atoms with Gasteiger partial charge in [-0.05, 0) is 0 Å². The average Bonchev–Trinajstić information content (AvgIpc) is 2.44. The number of nitrogens with zero attached hydrogens (tertiary/aromatic N) is 2. The third kappa shape index (κ3) is 4.56. The van der Waals surface area contributed by atoms with Crippen LogP contribution in [0.4, 0.5) is 11.6 Å². The molecule has 0 fully saturated rings. The van der Waals surface area contributed by atoms with Crippen LogP contribution < -0.4 is 26.6 Å². The summed E-state index contributed by atoms with van der Waals surface area (Å²) in [7, 11) is 3.03. The number of hydrogen-bond acceptors (Lipinski definition) is 8. The molecule has 1 heterocycles. The first-order chi connectivity index (χ1) is 9.22. The van der Waals surface area contributed by atoms with Gasteiger partial charge in [-0.25, -0.2) is 15.8 Å². The van der Waals surface area contributed by atoms with E-state index < -0.39 is 0 Å². The second kappa shape index (κ2) is 8.06. The zero-order valence-corrected chi connectivity index (χ0v) is 10.9. The van der Waals surface area contributed by atoms with E-state index in [0.29, 0.717) is 30.5 Å². The van der Waals surface area contributed by atoms with E-state index >= 15 is 0 Å². The van der Waals surface area contributed by atoms with Gasteiger partial charge in [-0.15, -0.1) is 0 Å². The zero-order valence-electron chi connectivity index (χ0n) is 10.9. The highest BCUT2D eigenvalue weighted by Crippen LogP contribution is 2.27. The highest BCUT2D eigenvalue weighted by Gasteiger charge is 2.11. The van der Waals surface area contributed by atoms with Gasteiger partial charge in [0.05, 0.1) is 20.3 Å². The molecular formula is C10H18N6O3. The Labute approximate surface area is 110 Å². The number of nitrogen functional groups attached to an aromatic ring is 1. The van der Waals surface area contributed by atoms with Crippen molar-refractivity contribution in [2.24, 2.45) is 5.84 Å². The van der Waals surface area contributed by atoms with Crippen molar-refractivity contribution < 1.29 is 14.3 Å². The average molecular weight is 270 g/mol. The highest BCUT2D eigenvalue weighted by atomic mass is 16.5.